The van der Waals surface area contributed by atoms with Gasteiger partial charge in [-0.15, -0.1) is 0 Å². The zero-order chi connectivity index (χ0) is 19.1. The van der Waals surface area contributed by atoms with E-state index in [1.807, 2.05) is 49.5 Å². The number of aromatic nitrogens is 3. The van der Waals surface area contributed by atoms with Gasteiger partial charge < -0.3 is 15.4 Å². The van der Waals surface area contributed by atoms with Crippen LogP contribution in [0.2, 0.25) is 0 Å². The third kappa shape index (κ3) is 4.84. The number of carbonyl (C=O) groups is 1. The summed E-state index contributed by atoms with van der Waals surface area (Å²) in [7, 11) is 1.61. The van der Waals surface area contributed by atoms with E-state index in [4.69, 9.17) is 4.74 Å². The molecule has 0 bridgehead atoms. The molecule has 3 aromatic rings. The fourth-order valence-corrected chi connectivity index (χ4v) is 2.63. The number of ether oxygens (including phenoxy) is 1. The number of hydrogen-bond donors (Lipinski definition) is 3. The number of carbonyl (C=O) groups excluding carboxylic acids is 1. The van der Waals surface area contributed by atoms with Crippen molar-refractivity contribution in [2.75, 3.05) is 25.5 Å². The molecule has 0 unspecified atom stereocenters. The largest absolute Gasteiger partial charge is 0.497 e. The average molecular weight is 365 g/mol. The molecule has 0 spiro atoms. The third-order valence-corrected chi connectivity index (χ3v) is 4.10. The van der Waals surface area contributed by atoms with Gasteiger partial charge in [-0.1, -0.05) is 18.2 Å². The van der Waals surface area contributed by atoms with Crippen LogP contribution in [-0.2, 0) is 0 Å². The minimum absolute atomic E-state index is 0.157. The summed E-state index contributed by atoms with van der Waals surface area (Å²) in [5.41, 5.74) is 3.16. The molecule has 2 aromatic heterocycles. The molecule has 0 aliphatic rings. The van der Waals surface area contributed by atoms with Crippen molar-refractivity contribution in [3.05, 3.63) is 59.9 Å². The molecule has 0 fully saturated rings. The fourth-order valence-electron chi connectivity index (χ4n) is 2.63. The van der Waals surface area contributed by atoms with Crippen molar-refractivity contribution in [2.24, 2.45) is 0 Å². The first-order chi connectivity index (χ1) is 13.2. The van der Waals surface area contributed by atoms with E-state index < -0.39 is 0 Å². The average Bonchev–Trinajstić information content (AvgIpc) is 3.19. The standard InChI is InChI=1S/C20H23N5O2/c1-14-7-8-18(23-12-14)21-9-4-10-22-20(26)17-13-24-25-19(17)15-5-3-6-16(11-15)27-2/h3,5-8,11-13H,4,9-10H2,1-2H3,(H,21,23)(H,22,26)(H,24,25). The van der Waals surface area contributed by atoms with Crippen LogP contribution in [0.5, 0.6) is 5.75 Å². The van der Waals surface area contributed by atoms with Gasteiger partial charge in [0.15, 0.2) is 0 Å². The van der Waals surface area contributed by atoms with Crippen molar-refractivity contribution < 1.29 is 9.53 Å². The Morgan fingerprint density at radius 1 is 1.19 bits per heavy atom. The van der Waals surface area contributed by atoms with E-state index >= 15 is 0 Å². The second-order valence-corrected chi connectivity index (χ2v) is 6.15. The lowest BCUT2D eigenvalue weighted by Crippen LogP contribution is -2.26. The maximum atomic E-state index is 12.5. The van der Waals surface area contributed by atoms with Gasteiger partial charge in [0.1, 0.15) is 11.6 Å². The van der Waals surface area contributed by atoms with Gasteiger partial charge >= 0.3 is 0 Å². The number of rotatable bonds is 8. The van der Waals surface area contributed by atoms with Gasteiger partial charge in [0.25, 0.3) is 5.91 Å². The van der Waals surface area contributed by atoms with E-state index in [-0.39, 0.29) is 5.91 Å². The topological polar surface area (TPSA) is 91.9 Å². The zero-order valence-electron chi connectivity index (χ0n) is 15.5. The van der Waals surface area contributed by atoms with Crippen LogP contribution in [0.4, 0.5) is 5.82 Å². The van der Waals surface area contributed by atoms with E-state index in [1.165, 1.54) is 0 Å². The van der Waals surface area contributed by atoms with Gasteiger partial charge in [0.05, 0.1) is 24.6 Å². The summed E-state index contributed by atoms with van der Waals surface area (Å²) < 4.78 is 5.24. The van der Waals surface area contributed by atoms with E-state index in [0.29, 0.717) is 17.8 Å². The van der Waals surface area contributed by atoms with Gasteiger partial charge in [-0.05, 0) is 37.1 Å². The van der Waals surface area contributed by atoms with Gasteiger partial charge in [-0.2, -0.15) is 5.10 Å². The van der Waals surface area contributed by atoms with Crippen molar-refractivity contribution in [1.29, 1.82) is 0 Å². The molecular weight excluding hydrogens is 342 g/mol. The Kier molecular flexibility index (Phi) is 6.04. The number of hydrogen-bond acceptors (Lipinski definition) is 5. The number of benzene rings is 1. The molecule has 0 aliphatic heterocycles. The summed E-state index contributed by atoms with van der Waals surface area (Å²) in [4.78, 5) is 16.8. The number of aromatic amines is 1. The highest BCUT2D eigenvalue weighted by Crippen LogP contribution is 2.24. The highest BCUT2D eigenvalue weighted by molar-refractivity contribution is 5.99. The molecule has 0 saturated heterocycles. The third-order valence-electron chi connectivity index (χ3n) is 4.10. The SMILES string of the molecule is COc1cccc(-c2[nH]ncc2C(=O)NCCCNc2ccc(C)cn2)c1. The Bertz CT molecular complexity index is 889. The highest BCUT2D eigenvalue weighted by atomic mass is 16.5. The van der Waals surface area contributed by atoms with Gasteiger partial charge in [-0.25, -0.2) is 4.98 Å². The normalized spacial score (nSPS) is 10.4. The minimum atomic E-state index is -0.157. The molecule has 0 radical (unpaired) electrons. The Labute approximate surface area is 158 Å². The molecule has 140 valence electrons. The van der Waals surface area contributed by atoms with E-state index in [9.17, 15) is 4.79 Å². The Morgan fingerprint density at radius 3 is 2.85 bits per heavy atom. The molecule has 7 nitrogen and oxygen atoms in total. The molecule has 0 saturated carbocycles. The predicted octanol–water partition coefficient (Wildman–Crippen LogP) is 3.02. The molecule has 2 heterocycles. The molecule has 0 aliphatic carbocycles. The summed E-state index contributed by atoms with van der Waals surface area (Å²) in [5, 5.41) is 13.1. The van der Waals surface area contributed by atoms with Crippen LogP contribution in [-0.4, -0.2) is 41.3 Å². The first kappa shape index (κ1) is 18.4. The molecule has 0 atom stereocenters. The Balaban J connectivity index is 1.51. The summed E-state index contributed by atoms with van der Waals surface area (Å²) in [6.07, 6.45) is 4.15. The van der Waals surface area contributed by atoms with Crippen LogP contribution in [0, 0.1) is 6.92 Å². The number of anilines is 1. The lowest BCUT2D eigenvalue weighted by molar-refractivity contribution is 0.0954. The first-order valence-corrected chi connectivity index (χ1v) is 8.80. The van der Waals surface area contributed by atoms with Crippen LogP contribution in [0.1, 0.15) is 22.3 Å². The number of nitrogens with zero attached hydrogens (tertiary/aromatic N) is 2. The number of pyridine rings is 1. The zero-order valence-corrected chi connectivity index (χ0v) is 15.5. The lowest BCUT2D eigenvalue weighted by atomic mass is 10.1. The molecule has 3 rings (SSSR count). The van der Waals surface area contributed by atoms with Gasteiger partial charge in [0.2, 0.25) is 0 Å². The van der Waals surface area contributed by atoms with Crippen LogP contribution >= 0.6 is 0 Å². The van der Waals surface area contributed by atoms with Crippen molar-refractivity contribution in [1.82, 2.24) is 20.5 Å². The summed E-state index contributed by atoms with van der Waals surface area (Å²) in [5.74, 6) is 1.40. The number of aryl methyl sites for hydroxylation is 1. The number of methoxy groups -OCH3 is 1. The molecule has 7 heteroatoms. The second-order valence-electron chi connectivity index (χ2n) is 6.15. The van der Waals surface area contributed by atoms with E-state index in [0.717, 1.165) is 35.7 Å². The molecule has 1 amide bonds. The monoisotopic (exact) mass is 365 g/mol. The molecule has 3 N–H and O–H groups in total. The number of amides is 1. The van der Waals surface area contributed by atoms with E-state index in [2.05, 4.69) is 25.8 Å². The van der Waals surface area contributed by atoms with Crippen LogP contribution in [0.15, 0.2) is 48.8 Å². The van der Waals surface area contributed by atoms with Crippen LogP contribution in [0.3, 0.4) is 0 Å². The highest BCUT2D eigenvalue weighted by Gasteiger charge is 2.15. The van der Waals surface area contributed by atoms with Crippen molar-refractivity contribution in [3.63, 3.8) is 0 Å². The number of nitrogens with one attached hydrogen (secondary N) is 3. The quantitative estimate of drug-likeness (QED) is 0.534. The maximum absolute atomic E-state index is 12.5. The van der Waals surface area contributed by atoms with Crippen LogP contribution in [0.25, 0.3) is 11.3 Å². The smallest absolute Gasteiger partial charge is 0.255 e. The fraction of sp³-hybridized carbons (Fsp3) is 0.250. The Morgan fingerprint density at radius 2 is 2.07 bits per heavy atom. The summed E-state index contributed by atoms with van der Waals surface area (Å²) >= 11 is 0. The maximum Gasteiger partial charge on any atom is 0.255 e. The van der Waals surface area contributed by atoms with Crippen LogP contribution < -0.4 is 15.4 Å². The number of H-pyrrole nitrogens is 1. The van der Waals surface area contributed by atoms with Crippen molar-refractivity contribution in [3.8, 4) is 17.0 Å². The molecular formula is C20H23N5O2. The predicted molar refractivity (Wildman–Crippen MR) is 105 cm³/mol. The molecule has 27 heavy (non-hydrogen) atoms. The van der Waals surface area contributed by atoms with Crippen molar-refractivity contribution >= 4 is 11.7 Å². The van der Waals surface area contributed by atoms with Gasteiger partial charge in [0, 0.05) is 24.8 Å². The minimum Gasteiger partial charge on any atom is -0.497 e. The summed E-state index contributed by atoms with van der Waals surface area (Å²) in [6, 6.07) is 11.5. The first-order valence-electron chi connectivity index (χ1n) is 8.80. The van der Waals surface area contributed by atoms with E-state index in [1.54, 1.807) is 13.3 Å². The summed E-state index contributed by atoms with van der Waals surface area (Å²) in [6.45, 7) is 3.28. The second kappa shape index (κ2) is 8.84. The van der Waals surface area contributed by atoms with Crippen molar-refractivity contribution in [2.45, 2.75) is 13.3 Å². The molecule has 1 aromatic carbocycles. The van der Waals surface area contributed by atoms with Gasteiger partial charge in [-0.3, -0.25) is 9.89 Å². The lowest BCUT2D eigenvalue weighted by Gasteiger charge is -2.08. The Hall–Kier alpha value is -3.35.